The lowest BCUT2D eigenvalue weighted by atomic mass is 10.0. The standard InChI is InChI=1S/C19H24N2O4/c1-13-16(11-17(22)20-12-19(23)8-3-4-9-19)21-18(25-13)14-6-5-7-15(10-14)24-2/h5-7,10,23H,3-4,8-9,11-12H2,1-2H3,(H,20,22). The molecule has 0 bridgehead atoms. The molecule has 1 aliphatic carbocycles. The first kappa shape index (κ1) is 17.5. The lowest BCUT2D eigenvalue weighted by molar-refractivity contribution is -0.121. The molecule has 1 aromatic carbocycles. The van der Waals surface area contributed by atoms with Gasteiger partial charge in [0.1, 0.15) is 11.5 Å². The third kappa shape index (κ3) is 4.20. The molecule has 1 fully saturated rings. The number of nitrogens with zero attached hydrogens (tertiary/aromatic N) is 1. The first-order valence-electron chi connectivity index (χ1n) is 8.59. The highest BCUT2D eigenvalue weighted by molar-refractivity contribution is 5.78. The third-order valence-corrected chi connectivity index (χ3v) is 4.69. The summed E-state index contributed by atoms with van der Waals surface area (Å²) in [6.07, 6.45) is 3.65. The van der Waals surface area contributed by atoms with Gasteiger partial charge >= 0.3 is 0 Å². The maximum absolute atomic E-state index is 12.2. The van der Waals surface area contributed by atoms with Crippen LogP contribution in [0.5, 0.6) is 5.75 Å². The number of methoxy groups -OCH3 is 1. The summed E-state index contributed by atoms with van der Waals surface area (Å²) in [5.74, 6) is 1.65. The zero-order valence-corrected chi connectivity index (χ0v) is 14.7. The van der Waals surface area contributed by atoms with Crippen molar-refractivity contribution in [2.75, 3.05) is 13.7 Å². The Morgan fingerprint density at radius 3 is 2.88 bits per heavy atom. The number of rotatable bonds is 6. The summed E-state index contributed by atoms with van der Waals surface area (Å²) in [4.78, 5) is 16.6. The minimum absolute atomic E-state index is 0.134. The summed E-state index contributed by atoms with van der Waals surface area (Å²) in [6, 6.07) is 7.43. The molecule has 2 aromatic rings. The molecule has 6 heteroatoms. The Hall–Kier alpha value is -2.34. The number of hydrogen-bond donors (Lipinski definition) is 2. The zero-order valence-electron chi connectivity index (χ0n) is 14.7. The highest BCUT2D eigenvalue weighted by Gasteiger charge is 2.31. The molecule has 0 unspecified atom stereocenters. The molecule has 6 nitrogen and oxygen atoms in total. The zero-order chi connectivity index (χ0) is 17.9. The first-order valence-corrected chi connectivity index (χ1v) is 8.59. The van der Waals surface area contributed by atoms with Gasteiger partial charge in [0.2, 0.25) is 11.8 Å². The SMILES string of the molecule is COc1cccc(-c2nc(CC(=O)NCC3(O)CCCC3)c(C)o2)c1. The van der Waals surface area contributed by atoms with E-state index in [0.717, 1.165) is 37.0 Å². The minimum Gasteiger partial charge on any atom is -0.497 e. The molecule has 3 rings (SSSR count). The smallest absolute Gasteiger partial charge is 0.226 e. The van der Waals surface area contributed by atoms with E-state index in [1.165, 1.54) is 0 Å². The summed E-state index contributed by atoms with van der Waals surface area (Å²) in [7, 11) is 1.61. The summed E-state index contributed by atoms with van der Waals surface area (Å²) < 4.78 is 10.9. The van der Waals surface area contributed by atoms with E-state index < -0.39 is 5.60 Å². The molecule has 1 aliphatic rings. The highest BCUT2D eigenvalue weighted by atomic mass is 16.5. The van der Waals surface area contributed by atoms with E-state index in [4.69, 9.17) is 9.15 Å². The molecule has 134 valence electrons. The molecular formula is C19H24N2O4. The number of aromatic nitrogens is 1. The number of ether oxygens (including phenoxy) is 1. The molecule has 2 N–H and O–H groups in total. The third-order valence-electron chi connectivity index (χ3n) is 4.69. The average molecular weight is 344 g/mol. The van der Waals surface area contributed by atoms with Crippen LogP contribution in [0, 0.1) is 6.92 Å². The van der Waals surface area contributed by atoms with E-state index >= 15 is 0 Å². The van der Waals surface area contributed by atoms with Gasteiger partial charge in [-0.25, -0.2) is 4.98 Å². The fraction of sp³-hybridized carbons (Fsp3) is 0.474. The molecule has 1 aromatic heterocycles. The topological polar surface area (TPSA) is 84.6 Å². The normalized spacial score (nSPS) is 16.0. The van der Waals surface area contributed by atoms with Crippen LogP contribution in [0.25, 0.3) is 11.5 Å². The maximum atomic E-state index is 12.2. The number of aliphatic hydroxyl groups is 1. The molecule has 1 heterocycles. The van der Waals surface area contributed by atoms with Gasteiger partial charge in [0.25, 0.3) is 0 Å². The maximum Gasteiger partial charge on any atom is 0.226 e. The Kier molecular flexibility index (Phi) is 5.08. The lowest BCUT2D eigenvalue weighted by Crippen LogP contribution is -2.41. The van der Waals surface area contributed by atoms with Gasteiger partial charge < -0.3 is 19.6 Å². The van der Waals surface area contributed by atoms with Crippen LogP contribution in [-0.4, -0.2) is 35.3 Å². The minimum atomic E-state index is -0.750. The van der Waals surface area contributed by atoms with Gasteiger partial charge in [-0.2, -0.15) is 0 Å². The summed E-state index contributed by atoms with van der Waals surface area (Å²) >= 11 is 0. The average Bonchev–Trinajstić information content (AvgIpc) is 3.20. The van der Waals surface area contributed by atoms with Crippen molar-refractivity contribution < 1.29 is 19.1 Å². The number of amides is 1. The Labute approximate surface area is 147 Å². The summed E-state index contributed by atoms with van der Waals surface area (Å²) in [5, 5.41) is 13.1. The van der Waals surface area contributed by atoms with Crippen molar-refractivity contribution >= 4 is 5.91 Å². The molecule has 1 saturated carbocycles. The molecule has 0 atom stereocenters. The van der Waals surface area contributed by atoms with Crippen LogP contribution >= 0.6 is 0 Å². The number of nitrogens with one attached hydrogen (secondary N) is 1. The molecule has 1 amide bonds. The fourth-order valence-corrected chi connectivity index (χ4v) is 3.16. The van der Waals surface area contributed by atoms with E-state index in [-0.39, 0.29) is 12.3 Å². The van der Waals surface area contributed by atoms with Crippen molar-refractivity contribution in [1.82, 2.24) is 10.3 Å². The number of carbonyl (C=O) groups excluding carboxylic acids is 1. The monoisotopic (exact) mass is 344 g/mol. The number of oxazole rings is 1. The second-order valence-corrected chi connectivity index (χ2v) is 6.64. The number of benzene rings is 1. The quantitative estimate of drug-likeness (QED) is 0.841. The second-order valence-electron chi connectivity index (χ2n) is 6.64. The van der Waals surface area contributed by atoms with Gasteiger partial charge in [-0.3, -0.25) is 4.79 Å². The Morgan fingerprint density at radius 1 is 1.40 bits per heavy atom. The summed E-state index contributed by atoms with van der Waals surface area (Å²) in [6.45, 7) is 2.09. The predicted molar refractivity (Wildman–Crippen MR) is 93.4 cm³/mol. The predicted octanol–water partition coefficient (Wildman–Crippen LogP) is 2.62. The van der Waals surface area contributed by atoms with Crippen molar-refractivity contribution in [1.29, 1.82) is 0 Å². The van der Waals surface area contributed by atoms with Crippen LogP contribution in [0.1, 0.15) is 37.1 Å². The van der Waals surface area contributed by atoms with Crippen LogP contribution < -0.4 is 10.1 Å². The van der Waals surface area contributed by atoms with E-state index in [1.807, 2.05) is 24.3 Å². The highest BCUT2D eigenvalue weighted by Crippen LogP contribution is 2.29. The van der Waals surface area contributed by atoms with E-state index in [0.29, 0.717) is 23.9 Å². The van der Waals surface area contributed by atoms with Gasteiger partial charge in [0.05, 0.1) is 24.8 Å². The van der Waals surface area contributed by atoms with Crippen molar-refractivity contribution in [3.8, 4) is 17.2 Å². The summed E-state index contributed by atoms with van der Waals surface area (Å²) in [5.41, 5.74) is 0.656. The van der Waals surface area contributed by atoms with E-state index in [1.54, 1.807) is 14.0 Å². The van der Waals surface area contributed by atoms with Crippen molar-refractivity contribution in [2.24, 2.45) is 0 Å². The Morgan fingerprint density at radius 2 is 2.16 bits per heavy atom. The Balaban J connectivity index is 1.64. The van der Waals surface area contributed by atoms with Crippen LogP contribution in [0.3, 0.4) is 0 Å². The van der Waals surface area contributed by atoms with Gasteiger partial charge in [-0.05, 0) is 38.0 Å². The number of hydrogen-bond acceptors (Lipinski definition) is 5. The molecule has 0 spiro atoms. The lowest BCUT2D eigenvalue weighted by Gasteiger charge is -2.22. The Bertz CT molecular complexity index is 748. The van der Waals surface area contributed by atoms with Crippen LogP contribution in [0.15, 0.2) is 28.7 Å². The largest absolute Gasteiger partial charge is 0.497 e. The molecule has 0 radical (unpaired) electrons. The number of aryl methyl sites for hydroxylation is 1. The number of carbonyl (C=O) groups is 1. The molecule has 0 saturated heterocycles. The van der Waals surface area contributed by atoms with Gasteiger partial charge in [0, 0.05) is 12.1 Å². The first-order chi connectivity index (χ1) is 12.0. The molecular weight excluding hydrogens is 320 g/mol. The van der Waals surface area contributed by atoms with Crippen molar-refractivity contribution in [3.05, 3.63) is 35.7 Å². The second kappa shape index (κ2) is 7.27. The molecule has 25 heavy (non-hydrogen) atoms. The van der Waals surface area contributed by atoms with Crippen molar-refractivity contribution in [2.45, 2.75) is 44.6 Å². The van der Waals surface area contributed by atoms with Crippen LogP contribution in [0.4, 0.5) is 0 Å². The van der Waals surface area contributed by atoms with Crippen LogP contribution in [-0.2, 0) is 11.2 Å². The molecule has 0 aliphatic heterocycles. The van der Waals surface area contributed by atoms with E-state index in [2.05, 4.69) is 10.3 Å². The van der Waals surface area contributed by atoms with Gasteiger partial charge in [-0.15, -0.1) is 0 Å². The van der Waals surface area contributed by atoms with E-state index in [9.17, 15) is 9.90 Å². The fourth-order valence-electron chi connectivity index (χ4n) is 3.16. The van der Waals surface area contributed by atoms with Crippen LogP contribution in [0.2, 0.25) is 0 Å². The van der Waals surface area contributed by atoms with Gasteiger partial charge in [0.15, 0.2) is 0 Å². The van der Waals surface area contributed by atoms with Crippen molar-refractivity contribution in [3.63, 3.8) is 0 Å². The van der Waals surface area contributed by atoms with Gasteiger partial charge in [-0.1, -0.05) is 18.9 Å².